The van der Waals surface area contributed by atoms with Crippen LogP contribution in [0.25, 0.3) is 5.69 Å². The molecule has 5 heteroatoms. The molecule has 1 aliphatic rings. The molecule has 1 aromatic heterocycles. The minimum absolute atomic E-state index is 0.0632. The van der Waals surface area contributed by atoms with E-state index in [0.717, 1.165) is 44.0 Å². The standard InChI is InChI=1S/C22H24N4O/c1-18-16-23-26(20-10-6-3-7-11-20)21(18)22(27)25-14-12-24(13-15-25)17-19-8-4-2-5-9-19/h2-11,16H,12-15,17H2,1H3. The van der Waals surface area contributed by atoms with E-state index in [1.54, 1.807) is 10.9 Å². The van der Waals surface area contributed by atoms with Gasteiger partial charge in [-0.1, -0.05) is 48.5 Å². The third-order valence-corrected chi connectivity index (χ3v) is 5.06. The highest BCUT2D eigenvalue weighted by molar-refractivity contribution is 5.94. The number of piperazine rings is 1. The smallest absolute Gasteiger partial charge is 0.272 e. The summed E-state index contributed by atoms with van der Waals surface area (Å²) in [5.41, 5.74) is 3.81. The molecule has 1 aliphatic heterocycles. The minimum atomic E-state index is 0.0632. The second-order valence-corrected chi connectivity index (χ2v) is 6.98. The molecule has 3 aromatic rings. The van der Waals surface area contributed by atoms with Crippen molar-refractivity contribution in [2.75, 3.05) is 26.2 Å². The fourth-order valence-electron chi connectivity index (χ4n) is 3.55. The fraction of sp³-hybridized carbons (Fsp3) is 0.273. The van der Waals surface area contributed by atoms with Gasteiger partial charge in [0.2, 0.25) is 0 Å². The van der Waals surface area contributed by atoms with Gasteiger partial charge in [0, 0.05) is 38.3 Å². The number of para-hydroxylation sites is 1. The first-order valence-electron chi connectivity index (χ1n) is 9.38. The topological polar surface area (TPSA) is 41.4 Å². The predicted octanol–water partition coefficient (Wildman–Crippen LogP) is 3.14. The summed E-state index contributed by atoms with van der Waals surface area (Å²) in [6.07, 6.45) is 1.77. The van der Waals surface area contributed by atoms with Gasteiger partial charge in [-0.05, 0) is 24.6 Å². The fourth-order valence-corrected chi connectivity index (χ4v) is 3.55. The van der Waals surface area contributed by atoms with Crippen LogP contribution in [-0.4, -0.2) is 51.7 Å². The van der Waals surface area contributed by atoms with E-state index in [4.69, 9.17) is 0 Å². The number of carbonyl (C=O) groups excluding carboxylic acids is 1. The molecule has 1 amide bonds. The molecular weight excluding hydrogens is 336 g/mol. The molecule has 1 saturated heterocycles. The normalized spacial score (nSPS) is 15.1. The molecule has 0 saturated carbocycles. The van der Waals surface area contributed by atoms with Crippen LogP contribution in [0.2, 0.25) is 0 Å². The Bertz CT molecular complexity index is 897. The highest BCUT2D eigenvalue weighted by atomic mass is 16.2. The van der Waals surface area contributed by atoms with Gasteiger partial charge in [0.05, 0.1) is 11.9 Å². The molecule has 1 fully saturated rings. The Morgan fingerprint density at radius 1 is 0.926 bits per heavy atom. The summed E-state index contributed by atoms with van der Waals surface area (Å²) in [6, 6.07) is 20.3. The number of nitrogens with zero attached hydrogens (tertiary/aromatic N) is 4. The molecule has 0 N–H and O–H groups in total. The summed E-state index contributed by atoms with van der Waals surface area (Å²) in [7, 11) is 0. The van der Waals surface area contributed by atoms with E-state index in [-0.39, 0.29) is 5.91 Å². The lowest BCUT2D eigenvalue weighted by Crippen LogP contribution is -2.48. The van der Waals surface area contributed by atoms with Crippen molar-refractivity contribution in [1.29, 1.82) is 0 Å². The summed E-state index contributed by atoms with van der Waals surface area (Å²) < 4.78 is 1.76. The van der Waals surface area contributed by atoms with E-state index < -0.39 is 0 Å². The number of carbonyl (C=O) groups is 1. The Morgan fingerprint density at radius 2 is 1.56 bits per heavy atom. The second kappa shape index (κ2) is 7.76. The second-order valence-electron chi connectivity index (χ2n) is 6.98. The third kappa shape index (κ3) is 3.78. The van der Waals surface area contributed by atoms with Gasteiger partial charge in [-0.15, -0.1) is 0 Å². The molecule has 0 aliphatic carbocycles. The summed E-state index contributed by atoms with van der Waals surface area (Å²) in [5, 5.41) is 4.43. The molecule has 4 rings (SSSR count). The maximum Gasteiger partial charge on any atom is 0.272 e. The zero-order valence-electron chi connectivity index (χ0n) is 15.6. The van der Waals surface area contributed by atoms with E-state index >= 15 is 0 Å². The lowest BCUT2D eigenvalue weighted by Gasteiger charge is -2.35. The van der Waals surface area contributed by atoms with Gasteiger partial charge in [-0.2, -0.15) is 5.10 Å². The molecule has 5 nitrogen and oxygen atoms in total. The van der Waals surface area contributed by atoms with Crippen LogP contribution >= 0.6 is 0 Å². The van der Waals surface area contributed by atoms with E-state index in [9.17, 15) is 4.79 Å². The van der Waals surface area contributed by atoms with Crippen LogP contribution in [0.1, 0.15) is 21.6 Å². The minimum Gasteiger partial charge on any atom is -0.335 e. The van der Waals surface area contributed by atoms with Gasteiger partial charge in [0.1, 0.15) is 5.69 Å². The number of hydrogen-bond acceptors (Lipinski definition) is 3. The predicted molar refractivity (Wildman–Crippen MR) is 106 cm³/mol. The highest BCUT2D eigenvalue weighted by Gasteiger charge is 2.26. The van der Waals surface area contributed by atoms with Crippen molar-refractivity contribution in [2.24, 2.45) is 0 Å². The van der Waals surface area contributed by atoms with E-state index in [2.05, 4.69) is 34.3 Å². The SMILES string of the molecule is Cc1cnn(-c2ccccc2)c1C(=O)N1CCN(Cc2ccccc2)CC1. The van der Waals surface area contributed by atoms with Crippen molar-refractivity contribution in [2.45, 2.75) is 13.5 Å². The zero-order valence-corrected chi connectivity index (χ0v) is 15.6. The third-order valence-electron chi connectivity index (χ3n) is 5.06. The Morgan fingerprint density at radius 3 is 2.22 bits per heavy atom. The molecule has 27 heavy (non-hydrogen) atoms. The first-order valence-corrected chi connectivity index (χ1v) is 9.38. The first kappa shape index (κ1) is 17.5. The van der Waals surface area contributed by atoms with Crippen LogP contribution in [0.4, 0.5) is 0 Å². The average molecular weight is 360 g/mol. The number of aromatic nitrogens is 2. The molecule has 0 bridgehead atoms. The van der Waals surface area contributed by atoms with Crippen LogP contribution in [0.3, 0.4) is 0 Å². The maximum absolute atomic E-state index is 13.2. The summed E-state index contributed by atoms with van der Waals surface area (Å²) in [6.45, 7) is 6.14. The lowest BCUT2D eigenvalue weighted by molar-refractivity contribution is 0.0619. The van der Waals surface area contributed by atoms with Gasteiger partial charge >= 0.3 is 0 Å². The van der Waals surface area contributed by atoms with Crippen molar-refractivity contribution >= 4 is 5.91 Å². The number of amides is 1. The Hall–Kier alpha value is -2.92. The maximum atomic E-state index is 13.2. The molecule has 0 atom stereocenters. The Labute approximate surface area is 159 Å². The molecule has 0 radical (unpaired) electrons. The Balaban J connectivity index is 1.45. The van der Waals surface area contributed by atoms with Crippen molar-refractivity contribution in [1.82, 2.24) is 19.6 Å². The van der Waals surface area contributed by atoms with Crippen molar-refractivity contribution < 1.29 is 4.79 Å². The molecule has 2 aromatic carbocycles. The molecule has 138 valence electrons. The van der Waals surface area contributed by atoms with Crippen LogP contribution in [-0.2, 0) is 6.54 Å². The molecule has 2 heterocycles. The quantitative estimate of drug-likeness (QED) is 0.718. The van der Waals surface area contributed by atoms with Crippen LogP contribution in [0.5, 0.6) is 0 Å². The number of rotatable bonds is 4. The number of benzene rings is 2. The van der Waals surface area contributed by atoms with Crippen molar-refractivity contribution in [3.63, 3.8) is 0 Å². The highest BCUT2D eigenvalue weighted by Crippen LogP contribution is 2.18. The largest absolute Gasteiger partial charge is 0.335 e. The van der Waals surface area contributed by atoms with Gasteiger partial charge in [-0.25, -0.2) is 4.68 Å². The summed E-state index contributed by atoms with van der Waals surface area (Å²) in [5.74, 6) is 0.0632. The van der Waals surface area contributed by atoms with Crippen molar-refractivity contribution in [3.05, 3.63) is 83.7 Å². The average Bonchev–Trinajstić information content (AvgIpc) is 3.11. The summed E-state index contributed by atoms with van der Waals surface area (Å²) >= 11 is 0. The van der Waals surface area contributed by atoms with Crippen LogP contribution < -0.4 is 0 Å². The van der Waals surface area contributed by atoms with Gasteiger partial charge < -0.3 is 4.90 Å². The Kier molecular flexibility index (Phi) is 5.03. The van der Waals surface area contributed by atoms with Crippen LogP contribution in [0, 0.1) is 6.92 Å². The lowest BCUT2D eigenvalue weighted by atomic mass is 10.2. The van der Waals surface area contributed by atoms with Gasteiger partial charge in [-0.3, -0.25) is 9.69 Å². The summed E-state index contributed by atoms with van der Waals surface area (Å²) in [4.78, 5) is 17.5. The zero-order chi connectivity index (χ0) is 18.6. The monoisotopic (exact) mass is 360 g/mol. The first-order chi connectivity index (χ1) is 13.2. The van der Waals surface area contributed by atoms with E-state index in [1.807, 2.05) is 48.2 Å². The number of hydrogen-bond donors (Lipinski definition) is 0. The molecule has 0 spiro atoms. The van der Waals surface area contributed by atoms with Gasteiger partial charge in [0.15, 0.2) is 0 Å². The van der Waals surface area contributed by atoms with Gasteiger partial charge in [0.25, 0.3) is 5.91 Å². The number of aryl methyl sites for hydroxylation is 1. The van der Waals surface area contributed by atoms with Crippen LogP contribution in [0.15, 0.2) is 66.9 Å². The molecule has 0 unspecified atom stereocenters. The molecular formula is C22H24N4O. The van der Waals surface area contributed by atoms with E-state index in [1.165, 1.54) is 5.56 Å². The van der Waals surface area contributed by atoms with E-state index in [0.29, 0.717) is 5.69 Å². The van der Waals surface area contributed by atoms with Crippen molar-refractivity contribution in [3.8, 4) is 5.69 Å².